The maximum atomic E-state index is 14.4. The molecule has 0 bridgehead atoms. The van der Waals surface area contributed by atoms with Crippen LogP contribution in [0.1, 0.15) is 32.6 Å². The lowest BCUT2D eigenvalue weighted by atomic mass is 9.74. The summed E-state index contributed by atoms with van der Waals surface area (Å²) < 4.78 is 13.9. The predicted octanol–water partition coefficient (Wildman–Crippen LogP) is 1.42. The van der Waals surface area contributed by atoms with E-state index in [4.69, 9.17) is 9.47 Å². The number of fused-ring (bicyclic) bond motifs is 3. The minimum absolute atomic E-state index is 0.0625. The van der Waals surface area contributed by atoms with Gasteiger partial charge in [0, 0.05) is 19.7 Å². The SMILES string of the molecule is C[C@@]12C=CCCOC(=O)[C@@H]1[C@H]1C(=O)N(CCCCCO)C3C(=O)N(Cn4nnc5ccccc54)CC=C[C@@]31O2. The molecule has 6 rings (SSSR count). The van der Waals surface area contributed by atoms with Crippen LogP contribution in [0.4, 0.5) is 0 Å². The fourth-order valence-corrected chi connectivity index (χ4v) is 6.66. The molecule has 1 spiro atoms. The Labute approximate surface area is 226 Å². The number of benzene rings is 1. The maximum absolute atomic E-state index is 14.4. The van der Waals surface area contributed by atoms with Crippen LogP contribution in [0, 0.1) is 11.8 Å². The number of carbonyl (C=O) groups excluding carboxylic acids is 3. The Bertz CT molecular complexity index is 1350. The third-order valence-electron chi connectivity index (χ3n) is 8.39. The summed E-state index contributed by atoms with van der Waals surface area (Å²) in [6.45, 7) is 2.85. The number of carbonyl (C=O) groups is 3. The van der Waals surface area contributed by atoms with E-state index < -0.39 is 35.0 Å². The van der Waals surface area contributed by atoms with Crippen molar-refractivity contribution in [2.75, 3.05) is 26.3 Å². The average molecular weight is 536 g/mol. The number of hydrogen-bond donors (Lipinski definition) is 1. The van der Waals surface area contributed by atoms with Crippen molar-refractivity contribution in [2.45, 2.75) is 56.5 Å². The molecule has 2 saturated heterocycles. The Kier molecular flexibility index (Phi) is 6.50. The lowest BCUT2D eigenvalue weighted by molar-refractivity contribution is -0.160. The van der Waals surface area contributed by atoms with Crippen LogP contribution in [0.15, 0.2) is 48.6 Å². The molecule has 2 fully saturated rings. The molecule has 0 saturated carbocycles. The maximum Gasteiger partial charge on any atom is 0.313 e. The smallest absolute Gasteiger partial charge is 0.313 e. The summed E-state index contributed by atoms with van der Waals surface area (Å²) in [4.78, 5) is 45.1. The summed E-state index contributed by atoms with van der Waals surface area (Å²) in [6.07, 6.45) is 9.91. The largest absolute Gasteiger partial charge is 0.465 e. The summed E-state index contributed by atoms with van der Waals surface area (Å²) in [6, 6.07) is 6.57. The van der Waals surface area contributed by atoms with Crippen LogP contribution in [-0.4, -0.2) is 91.2 Å². The molecule has 1 unspecified atom stereocenters. The van der Waals surface area contributed by atoms with Crippen molar-refractivity contribution in [1.82, 2.24) is 24.8 Å². The first kappa shape index (κ1) is 25.7. The lowest BCUT2D eigenvalue weighted by Crippen LogP contribution is -2.56. The molecule has 1 N–H and O–H groups in total. The molecule has 1 aromatic heterocycles. The fourth-order valence-electron chi connectivity index (χ4n) is 6.66. The highest BCUT2D eigenvalue weighted by Crippen LogP contribution is 2.57. The number of hydrogen-bond acceptors (Lipinski definition) is 8. The highest BCUT2D eigenvalue weighted by atomic mass is 16.6. The summed E-state index contributed by atoms with van der Waals surface area (Å²) in [5.74, 6) is -2.81. The Morgan fingerprint density at radius 1 is 1.05 bits per heavy atom. The van der Waals surface area contributed by atoms with Gasteiger partial charge in [0.15, 0.2) is 0 Å². The molecule has 39 heavy (non-hydrogen) atoms. The van der Waals surface area contributed by atoms with E-state index in [2.05, 4.69) is 10.3 Å². The van der Waals surface area contributed by atoms with Crippen LogP contribution < -0.4 is 0 Å². The first-order valence-corrected chi connectivity index (χ1v) is 13.6. The first-order valence-electron chi connectivity index (χ1n) is 13.6. The summed E-state index contributed by atoms with van der Waals surface area (Å²) in [7, 11) is 0. The number of aliphatic hydroxyl groups excluding tert-OH is 1. The monoisotopic (exact) mass is 535 g/mol. The zero-order valence-corrected chi connectivity index (χ0v) is 21.9. The molecule has 0 radical (unpaired) electrons. The van der Waals surface area contributed by atoms with Gasteiger partial charge in [-0.2, -0.15) is 0 Å². The molecule has 1 aromatic carbocycles. The molecular weight excluding hydrogens is 502 g/mol. The van der Waals surface area contributed by atoms with Crippen LogP contribution in [0.2, 0.25) is 0 Å². The van der Waals surface area contributed by atoms with Gasteiger partial charge in [0.25, 0.3) is 5.91 Å². The van der Waals surface area contributed by atoms with Crippen LogP contribution in [0.3, 0.4) is 0 Å². The number of likely N-dealkylation sites (tertiary alicyclic amines) is 1. The average Bonchev–Trinajstić information content (AvgIpc) is 3.47. The number of amides is 2. The Balaban J connectivity index is 1.39. The molecular formula is C28H33N5O6. The van der Waals surface area contributed by atoms with Crippen molar-refractivity contribution in [2.24, 2.45) is 11.8 Å². The van der Waals surface area contributed by atoms with Gasteiger partial charge in [0.1, 0.15) is 29.7 Å². The highest BCUT2D eigenvalue weighted by molar-refractivity contribution is 5.99. The van der Waals surface area contributed by atoms with Gasteiger partial charge in [-0.05, 0) is 44.7 Å². The third-order valence-corrected chi connectivity index (χ3v) is 8.39. The van der Waals surface area contributed by atoms with E-state index in [1.165, 1.54) is 0 Å². The Morgan fingerprint density at radius 3 is 2.74 bits per heavy atom. The van der Waals surface area contributed by atoms with Crippen molar-refractivity contribution in [3.05, 3.63) is 48.6 Å². The van der Waals surface area contributed by atoms with E-state index >= 15 is 0 Å². The molecule has 0 aliphatic carbocycles. The van der Waals surface area contributed by atoms with Crippen LogP contribution >= 0.6 is 0 Å². The molecule has 11 nitrogen and oxygen atoms in total. The second kappa shape index (κ2) is 9.87. The van der Waals surface area contributed by atoms with E-state index in [1.807, 2.05) is 48.6 Å². The molecule has 2 amide bonds. The van der Waals surface area contributed by atoms with Gasteiger partial charge < -0.3 is 24.4 Å². The lowest BCUT2D eigenvalue weighted by Gasteiger charge is -2.37. The molecule has 5 atom stereocenters. The Morgan fingerprint density at radius 2 is 1.90 bits per heavy atom. The summed E-state index contributed by atoms with van der Waals surface area (Å²) in [5.41, 5.74) is -0.897. The van der Waals surface area contributed by atoms with Crippen molar-refractivity contribution in [1.29, 1.82) is 0 Å². The summed E-state index contributed by atoms with van der Waals surface area (Å²) in [5, 5.41) is 17.7. The number of cyclic esters (lactones) is 1. The van der Waals surface area contributed by atoms with Crippen molar-refractivity contribution in [3.8, 4) is 0 Å². The van der Waals surface area contributed by atoms with Gasteiger partial charge in [-0.25, -0.2) is 4.68 Å². The zero-order valence-electron chi connectivity index (χ0n) is 21.9. The van der Waals surface area contributed by atoms with Crippen LogP contribution in [0.25, 0.3) is 11.0 Å². The Hall–Kier alpha value is -3.57. The van der Waals surface area contributed by atoms with Gasteiger partial charge in [0.05, 0.1) is 23.6 Å². The van der Waals surface area contributed by atoms with Gasteiger partial charge in [-0.3, -0.25) is 14.4 Å². The third kappa shape index (κ3) is 4.06. The van der Waals surface area contributed by atoms with Gasteiger partial charge in [0.2, 0.25) is 5.91 Å². The van der Waals surface area contributed by atoms with E-state index in [-0.39, 0.29) is 38.2 Å². The fraction of sp³-hybridized carbons (Fsp3) is 0.536. The highest BCUT2D eigenvalue weighted by Gasteiger charge is 2.74. The number of esters is 1. The second-order valence-corrected chi connectivity index (χ2v) is 10.9. The van der Waals surface area contributed by atoms with E-state index in [0.717, 1.165) is 11.0 Å². The van der Waals surface area contributed by atoms with Gasteiger partial charge in [-0.15, -0.1) is 5.10 Å². The van der Waals surface area contributed by atoms with E-state index in [9.17, 15) is 19.5 Å². The molecule has 206 valence electrons. The number of ether oxygens (including phenoxy) is 2. The van der Waals surface area contributed by atoms with Crippen molar-refractivity contribution in [3.63, 3.8) is 0 Å². The minimum Gasteiger partial charge on any atom is -0.465 e. The normalized spacial score (nSPS) is 32.1. The minimum atomic E-state index is -1.32. The van der Waals surface area contributed by atoms with Crippen molar-refractivity contribution < 1.29 is 29.0 Å². The topological polar surface area (TPSA) is 127 Å². The summed E-state index contributed by atoms with van der Waals surface area (Å²) >= 11 is 0. The van der Waals surface area contributed by atoms with Crippen LogP contribution in [-0.2, 0) is 30.5 Å². The molecule has 4 aliphatic heterocycles. The quantitative estimate of drug-likeness (QED) is 0.321. The number of para-hydroxylation sites is 1. The first-order chi connectivity index (χ1) is 18.9. The molecule has 5 heterocycles. The number of unbranched alkanes of at least 4 members (excludes halogenated alkanes) is 2. The van der Waals surface area contributed by atoms with Crippen LogP contribution in [0.5, 0.6) is 0 Å². The van der Waals surface area contributed by atoms with E-state index in [1.54, 1.807) is 21.4 Å². The number of aliphatic hydroxyl groups is 1. The molecule has 4 aliphatic rings. The van der Waals surface area contributed by atoms with Crippen molar-refractivity contribution >= 4 is 28.8 Å². The second-order valence-electron chi connectivity index (χ2n) is 10.9. The van der Waals surface area contributed by atoms with E-state index in [0.29, 0.717) is 32.2 Å². The zero-order chi connectivity index (χ0) is 27.2. The molecule has 11 heteroatoms. The predicted molar refractivity (Wildman–Crippen MR) is 139 cm³/mol. The standard InChI is InChI=1S/C28H33N5O6/c1-27-12-5-8-17-38-26(37)22(27)21-24(35)32(15-6-2-7-16-34)23-25(36)31(14-9-13-28(21,23)39-27)18-33-20-11-4-3-10-19(20)29-30-33/h3-5,9-13,21-23,34H,2,6-8,14-18H2,1H3/t21-,22-,23?,27+,28-/m0/s1. The number of aromatic nitrogens is 3. The van der Waals surface area contributed by atoms with Gasteiger partial charge >= 0.3 is 5.97 Å². The molecule has 2 aromatic rings. The van der Waals surface area contributed by atoms with Gasteiger partial charge in [-0.1, -0.05) is 41.7 Å². The number of rotatable bonds is 7. The number of nitrogens with zero attached hydrogens (tertiary/aromatic N) is 5.